The zero-order chi connectivity index (χ0) is 7.40. The molecule has 1 N–H and O–H groups in total. The molecule has 0 unspecified atom stereocenters. The predicted octanol–water partition coefficient (Wildman–Crippen LogP) is -0.127. The van der Waals surface area contributed by atoms with Crippen molar-refractivity contribution in [3.8, 4) is 0 Å². The maximum absolute atomic E-state index is 10.8. The highest BCUT2D eigenvalue weighted by molar-refractivity contribution is 7.78. The fraction of sp³-hybridized carbons (Fsp3) is 0.800. The van der Waals surface area contributed by atoms with Crippen LogP contribution in [0.4, 0.5) is 4.79 Å². The van der Waals surface area contributed by atoms with E-state index in [1.807, 2.05) is 0 Å². The highest BCUT2D eigenvalue weighted by atomic mass is 32.1. The lowest BCUT2D eigenvalue weighted by Crippen LogP contribution is -2.43. The number of nitrogens with one attached hydrogen (secondary N) is 1. The van der Waals surface area contributed by atoms with Gasteiger partial charge in [-0.2, -0.15) is 0 Å². The smallest absolute Gasteiger partial charge is 0.327 e. The van der Waals surface area contributed by atoms with E-state index in [9.17, 15) is 4.79 Å². The average Bonchev–Trinajstić information content (AvgIpc) is 2.05. The van der Waals surface area contributed by atoms with Crippen LogP contribution in [0.25, 0.3) is 0 Å². The molecule has 0 aromatic heterocycles. The fourth-order valence-corrected chi connectivity index (χ4v) is 0.979. The van der Waals surface area contributed by atoms with Gasteiger partial charge < -0.3 is 9.64 Å². The molecule has 0 radical (unpaired) electrons. The number of amides is 2. The summed E-state index contributed by atoms with van der Waals surface area (Å²) in [6.45, 7) is 2.57. The Hall–Kier alpha value is -0.420. The maximum atomic E-state index is 10.8. The lowest BCUT2D eigenvalue weighted by molar-refractivity contribution is 0.0547. The summed E-state index contributed by atoms with van der Waals surface area (Å²) < 4.78 is 7.31. The van der Waals surface area contributed by atoms with Crippen molar-refractivity contribution >= 4 is 18.8 Å². The van der Waals surface area contributed by atoms with Crippen molar-refractivity contribution in [1.29, 1.82) is 0 Å². The maximum Gasteiger partial charge on any atom is 0.327 e. The van der Waals surface area contributed by atoms with Crippen LogP contribution in [0.3, 0.4) is 0 Å². The van der Waals surface area contributed by atoms with Gasteiger partial charge in [0.2, 0.25) is 0 Å². The summed E-state index contributed by atoms with van der Waals surface area (Å²) in [5.41, 5.74) is 0. The standard InChI is InChI=1S/C5H10N2O2S/c8-5(6-10)7-1-3-9-4-2-7/h10H,1-4H2,(H,6,8). The number of carbonyl (C=O) groups is 1. The van der Waals surface area contributed by atoms with E-state index in [4.69, 9.17) is 4.74 Å². The summed E-state index contributed by atoms with van der Waals surface area (Å²) in [4.78, 5) is 12.5. The molecule has 1 rings (SSSR count). The van der Waals surface area contributed by atoms with Crippen molar-refractivity contribution in [1.82, 2.24) is 9.62 Å². The predicted molar refractivity (Wildman–Crippen MR) is 39.9 cm³/mol. The molecule has 0 spiro atoms. The van der Waals surface area contributed by atoms with Crippen LogP contribution < -0.4 is 4.72 Å². The van der Waals surface area contributed by atoms with Gasteiger partial charge >= 0.3 is 6.03 Å². The average molecular weight is 162 g/mol. The molecule has 1 aliphatic heterocycles. The summed E-state index contributed by atoms with van der Waals surface area (Å²) in [6.07, 6.45) is 0. The van der Waals surface area contributed by atoms with Gasteiger partial charge in [0.1, 0.15) is 0 Å². The van der Waals surface area contributed by atoms with Crippen molar-refractivity contribution in [2.45, 2.75) is 0 Å². The first-order valence-corrected chi connectivity index (χ1v) is 3.56. The Morgan fingerprint density at radius 2 is 2.10 bits per heavy atom. The molecule has 0 saturated carbocycles. The van der Waals surface area contributed by atoms with Gasteiger partial charge in [-0.25, -0.2) is 4.79 Å². The van der Waals surface area contributed by atoms with Gasteiger partial charge in [-0.05, 0) is 0 Å². The Kier molecular flexibility index (Phi) is 2.82. The Balaban J connectivity index is 2.31. The van der Waals surface area contributed by atoms with Gasteiger partial charge in [0, 0.05) is 13.1 Å². The van der Waals surface area contributed by atoms with Crippen molar-refractivity contribution < 1.29 is 9.53 Å². The molecule has 10 heavy (non-hydrogen) atoms. The Labute approximate surface area is 65.1 Å². The van der Waals surface area contributed by atoms with Gasteiger partial charge in [0.15, 0.2) is 0 Å². The van der Waals surface area contributed by atoms with E-state index in [1.165, 1.54) is 0 Å². The minimum Gasteiger partial charge on any atom is -0.378 e. The third-order valence-corrected chi connectivity index (χ3v) is 1.59. The Morgan fingerprint density at radius 1 is 1.50 bits per heavy atom. The quantitative estimate of drug-likeness (QED) is 0.487. The summed E-state index contributed by atoms with van der Waals surface area (Å²) in [5, 5.41) is 0. The third kappa shape index (κ3) is 1.78. The molecule has 0 aromatic carbocycles. The number of urea groups is 1. The van der Waals surface area contributed by atoms with Gasteiger partial charge in [-0.1, -0.05) is 12.8 Å². The Morgan fingerprint density at radius 3 is 2.60 bits per heavy atom. The van der Waals surface area contributed by atoms with Gasteiger partial charge in [-0.3, -0.25) is 4.72 Å². The number of rotatable bonds is 0. The first-order valence-electron chi connectivity index (χ1n) is 3.11. The lowest BCUT2D eigenvalue weighted by Gasteiger charge is -2.25. The molecule has 1 aliphatic rings. The highest BCUT2D eigenvalue weighted by Crippen LogP contribution is 1.96. The molecule has 5 heteroatoms. The van der Waals surface area contributed by atoms with Crippen LogP contribution in [0.5, 0.6) is 0 Å². The minimum atomic E-state index is -0.147. The summed E-state index contributed by atoms with van der Waals surface area (Å²) in [6, 6.07) is -0.147. The van der Waals surface area contributed by atoms with E-state index >= 15 is 0 Å². The molecule has 1 saturated heterocycles. The first kappa shape index (κ1) is 7.68. The van der Waals surface area contributed by atoms with Crippen LogP contribution in [0.15, 0.2) is 0 Å². The number of thiol groups is 1. The number of hydrogen-bond acceptors (Lipinski definition) is 3. The number of ether oxygens (including phenoxy) is 1. The summed E-state index contributed by atoms with van der Waals surface area (Å²) in [7, 11) is 0. The molecular formula is C5H10N2O2S. The zero-order valence-corrected chi connectivity index (χ0v) is 6.43. The topological polar surface area (TPSA) is 41.6 Å². The van der Waals surface area contributed by atoms with Crippen LogP contribution >= 0.6 is 12.8 Å². The largest absolute Gasteiger partial charge is 0.378 e. The first-order chi connectivity index (χ1) is 4.84. The van der Waals surface area contributed by atoms with E-state index in [2.05, 4.69) is 17.5 Å². The van der Waals surface area contributed by atoms with Crippen LogP contribution in [0.1, 0.15) is 0 Å². The molecule has 0 aliphatic carbocycles. The molecule has 0 atom stereocenters. The fourth-order valence-electron chi connectivity index (χ4n) is 0.837. The van der Waals surface area contributed by atoms with Crippen molar-refractivity contribution in [3.63, 3.8) is 0 Å². The molecule has 4 nitrogen and oxygen atoms in total. The van der Waals surface area contributed by atoms with Crippen molar-refractivity contribution in [3.05, 3.63) is 0 Å². The second kappa shape index (κ2) is 3.68. The van der Waals surface area contributed by atoms with Crippen LogP contribution in [-0.2, 0) is 4.74 Å². The lowest BCUT2D eigenvalue weighted by atomic mass is 10.4. The molecule has 2 amide bonds. The minimum absolute atomic E-state index is 0.147. The molecule has 0 aromatic rings. The van der Waals surface area contributed by atoms with Crippen LogP contribution in [0, 0.1) is 0 Å². The van der Waals surface area contributed by atoms with E-state index < -0.39 is 0 Å². The molecule has 1 heterocycles. The van der Waals surface area contributed by atoms with E-state index in [0.717, 1.165) is 0 Å². The highest BCUT2D eigenvalue weighted by Gasteiger charge is 2.14. The molecular weight excluding hydrogens is 152 g/mol. The number of morpholine rings is 1. The third-order valence-electron chi connectivity index (χ3n) is 1.39. The second-order valence-corrected chi connectivity index (χ2v) is 2.24. The monoisotopic (exact) mass is 162 g/mol. The van der Waals surface area contributed by atoms with E-state index in [-0.39, 0.29) is 6.03 Å². The van der Waals surface area contributed by atoms with Crippen LogP contribution in [0.2, 0.25) is 0 Å². The van der Waals surface area contributed by atoms with Gasteiger partial charge in [0.25, 0.3) is 0 Å². The van der Waals surface area contributed by atoms with E-state index in [0.29, 0.717) is 26.3 Å². The molecule has 0 bridgehead atoms. The van der Waals surface area contributed by atoms with Gasteiger partial charge in [0.05, 0.1) is 13.2 Å². The summed E-state index contributed by atoms with van der Waals surface area (Å²) in [5.74, 6) is 0. The summed E-state index contributed by atoms with van der Waals surface area (Å²) >= 11 is 3.64. The Bertz CT molecular complexity index is 125. The number of carbonyl (C=O) groups excluding carboxylic acids is 1. The zero-order valence-electron chi connectivity index (χ0n) is 5.54. The normalized spacial score (nSPS) is 18.7. The molecule has 58 valence electrons. The van der Waals surface area contributed by atoms with Crippen molar-refractivity contribution in [2.75, 3.05) is 26.3 Å². The second-order valence-electron chi connectivity index (χ2n) is 2.02. The SMILES string of the molecule is O=C(NS)N1CCOCC1. The number of hydrogen-bond donors (Lipinski definition) is 2. The van der Waals surface area contributed by atoms with Crippen LogP contribution in [-0.4, -0.2) is 37.2 Å². The van der Waals surface area contributed by atoms with Gasteiger partial charge in [-0.15, -0.1) is 0 Å². The van der Waals surface area contributed by atoms with Crippen molar-refractivity contribution in [2.24, 2.45) is 0 Å². The van der Waals surface area contributed by atoms with E-state index in [1.54, 1.807) is 4.90 Å². The number of nitrogens with zero attached hydrogens (tertiary/aromatic N) is 1. The molecule has 1 fully saturated rings.